The number of amides is 1. The van der Waals surface area contributed by atoms with Gasteiger partial charge in [0.1, 0.15) is 5.54 Å². The molecule has 1 atom stereocenters. The van der Waals surface area contributed by atoms with Gasteiger partial charge in [0.05, 0.1) is 27.4 Å². The number of nitrogens with zero attached hydrogens (tertiary/aromatic N) is 1. The summed E-state index contributed by atoms with van der Waals surface area (Å²) in [7, 11) is 4.65. The molecule has 138 valence electrons. The average Bonchev–Trinajstić information content (AvgIpc) is 2.57. The van der Waals surface area contributed by atoms with Crippen molar-refractivity contribution in [3.8, 4) is 23.3 Å². The first-order valence-electron chi connectivity index (χ1n) is 8.29. The predicted molar refractivity (Wildman–Crippen MR) is 96.0 cm³/mol. The van der Waals surface area contributed by atoms with Crippen molar-refractivity contribution >= 4 is 5.91 Å². The number of benzene rings is 1. The third-order valence-electron chi connectivity index (χ3n) is 3.84. The standard InChI is InChI=1S/C19H28N2O4/c1-13(2)11-19(3,12-20)21-17(22)8-7-14-9-15(23-4)18(25-6)16(10-14)24-5/h9-10,13H,7-8,11H2,1-6H3,(H,21,22). The van der Waals surface area contributed by atoms with Gasteiger partial charge in [0.15, 0.2) is 11.5 Å². The van der Waals surface area contributed by atoms with Gasteiger partial charge < -0.3 is 19.5 Å². The van der Waals surface area contributed by atoms with E-state index in [9.17, 15) is 10.1 Å². The van der Waals surface area contributed by atoms with Gasteiger partial charge in [0, 0.05) is 6.42 Å². The van der Waals surface area contributed by atoms with E-state index in [4.69, 9.17) is 14.2 Å². The lowest BCUT2D eigenvalue weighted by molar-refractivity contribution is -0.122. The van der Waals surface area contributed by atoms with Crippen molar-refractivity contribution in [3.63, 3.8) is 0 Å². The van der Waals surface area contributed by atoms with E-state index in [1.807, 2.05) is 26.0 Å². The molecular weight excluding hydrogens is 320 g/mol. The number of nitrogens with one attached hydrogen (secondary N) is 1. The predicted octanol–water partition coefficient (Wildman–Crippen LogP) is 3.09. The minimum absolute atomic E-state index is 0.154. The second-order valence-corrected chi connectivity index (χ2v) is 6.62. The van der Waals surface area contributed by atoms with Gasteiger partial charge in [0.25, 0.3) is 0 Å². The van der Waals surface area contributed by atoms with E-state index < -0.39 is 5.54 Å². The number of aryl methyl sites for hydroxylation is 1. The number of carbonyl (C=O) groups is 1. The quantitative estimate of drug-likeness (QED) is 0.742. The zero-order valence-electron chi connectivity index (χ0n) is 15.9. The van der Waals surface area contributed by atoms with Crippen LogP contribution in [0.15, 0.2) is 12.1 Å². The van der Waals surface area contributed by atoms with Crippen LogP contribution in [-0.4, -0.2) is 32.8 Å². The second-order valence-electron chi connectivity index (χ2n) is 6.62. The lowest BCUT2D eigenvalue weighted by Gasteiger charge is -2.25. The first-order valence-corrected chi connectivity index (χ1v) is 8.29. The molecular formula is C19H28N2O4. The maximum atomic E-state index is 12.3. The fourth-order valence-electron chi connectivity index (χ4n) is 2.85. The summed E-state index contributed by atoms with van der Waals surface area (Å²) in [5, 5.41) is 12.2. The van der Waals surface area contributed by atoms with Gasteiger partial charge in [-0.15, -0.1) is 0 Å². The van der Waals surface area contributed by atoms with Crippen molar-refractivity contribution in [3.05, 3.63) is 17.7 Å². The fourth-order valence-corrected chi connectivity index (χ4v) is 2.85. The van der Waals surface area contributed by atoms with Crippen LogP contribution in [0.5, 0.6) is 17.2 Å². The Morgan fingerprint density at radius 3 is 2.16 bits per heavy atom. The third-order valence-corrected chi connectivity index (χ3v) is 3.84. The molecule has 1 unspecified atom stereocenters. The molecule has 0 bridgehead atoms. The molecule has 0 aliphatic heterocycles. The van der Waals surface area contributed by atoms with E-state index in [2.05, 4.69) is 11.4 Å². The summed E-state index contributed by atoms with van der Waals surface area (Å²) in [6, 6.07) is 5.85. The normalized spacial score (nSPS) is 12.9. The second kappa shape index (κ2) is 9.16. The van der Waals surface area contributed by atoms with Crippen molar-refractivity contribution in [2.75, 3.05) is 21.3 Å². The first-order chi connectivity index (χ1) is 11.8. The molecule has 1 aromatic rings. The topological polar surface area (TPSA) is 80.6 Å². The van der Waals surface area contributed by atoms with Crippen molar-refractivity contribution in [1.29, 1.82) is 5.26 Å². The van der Waals surface area contributed by atoms with Crippen molar-refractivity contribution < 1.29 is 19.0 Å². The van der Waals surface area contributed by atoms with Crippen molar-refractivity contribution in [1.82, 2.24) is 5.32 Å². The minimum atomic E-state index is -0.847. The summed E-state index contributed by atoms with van der Waals surface area (Å²) in [5.74, 6) is 1.79. The highest BCUT2D eigenvalue weighted by Crippen LogP contribution is 2.38. The number of hydrogen-bond donors (Lipinski definition) is 1. The van der Waals surface area contributed by atoms with Gasteiger partial charge in [-0.2, -0.15) is 5.26 Å². The van der Waals surface area contributed by atoms with Crippen LogP contribution in [0.1, 0.15) is 39.2 Å². The monoisotopic (exact) mass is 348 g/mol. The van der Waals surface area contributed by atoms with E-state index in [-0.39, 0.29) is 12.3 Å². The highest BCUT2D eigenvalue weighted by atomic mass is 16.5. The SMILES string of the molecule is COc1cc(CCC(=O)NC(C)(C#N)CC(C)C)cc(OC)c1OC. The molecule has 0 heterocycles. The maximum Gasteiger partial charge on any atom is 0.221 e. The number of ether oxygens (including phenoxy) is 3. The molecule has 0 saturated heterocycles. The number of methoxy groups -OCH3 is 3. The van der Waals surface area contributed by atoms with Crippen LogP contribution in [0.3, 0.4) is 0 Å². The highest BCUT2D eigenvalue weighted by molar-refractivity contribution is 5.77. The van der Waals surface area contributed by atoms with Crippen molar-refractivity contribution in [2.45, 2.75) is 45.6 Å². The summed E-state index contributed by atoms with van der Waals surface area (Å²) >= 11 is 0. The Bertz CT molecular complexity index is 612. The zero-order valence-corrected chi connectivity index (χ0v) is 15.9. The summed E-state index contributed by atoms with van der Waals surface area (Å²) in [6.45, 7) is 5.81. The van der Waals surface area contributed by atoms with Gasteiger partial charge in [-0.05, 0) is 43.4 Å². The van der Waals surface area contributed by atoms with Gasteiger partial charge in [-0.25, -0.2) is 0 Å². The minimum Gasteiger partial charge on any atom is -0.493 e. The zero-order chi connectivity index (χ0) is 19.0. The maximum absolute atomic E-state index is 12.3. The Labute approximate surface area is 150 Å². The molecule has 1 N–H and O–H groups in total. The van der Waals surface area contributed by atoms with Crippen LogP contribution >= 0.6 is 0 Å². The van der Waals surface area contributed by atoms with Gasteiger partial charge in [-0.3, -0.25) is 4.79 Å². The Hall–Kier alpha value is -2.42. The van der Waals surface area contributed by atoms with Crippen molar-refractivity contribution in [2.24, 2.45) is 5.92 Å². The van der Waals surface area contributed by atoms with E-state index in [0.29, 0.717) is 36.0 Å². The Kier molecular flexibility index (Phi) is 7.56. The molecule has 0 aliphatic carbocycles. The molecule has 1 aromatic carbocycles. The number of carbonyl (C=O) groups excluding carboxylic acids is 1. The van der Waals surface area contributed by atoms with Crippen LogP contribution < -0.4 is 19.5 Å². The molecule has 0 aliphatic rings. The van der Waals surface area contributed by atoms with Gasteiger partial charge >= 0.3 is 0 Å². The summed E-state index contributed by atoms with van der Waals surface area (Å²) in [5.41, 5.74) is 0.0488. The smallest absolute Gasteiger partial charge is 0.221 e. The Balaban J connectivity index is 2.81. The van der Waals surface area contributed by atoms with Gasteiger partial charge in [-0.1, -0.05) is 13.8 Å². The fraction of sp³-hybridized carbons (Fsp3) is 0.579. The van der Waals surface area contributed by atoms with Crippen LogP contribution in [0, 0.1) is 17.2 Å². The highest BCUT2D eigenvalue weighted by Gasteiger charge is 2.27. The van der Waals surface area contributed by atoms with E-state index >= 15 is 0 Å². The van der Waals surface area contributed by atoms with E-state index in [1.165, 1.54) is 0 Å². The summed E-state index contributed by atoms with van der Waals surface area (Å²) in [6.07, 6.45) is 1.39. The lowest BCUT2D eigenvalue weighted by Crippen LogP contribution is -2.45. The number of rotatable bonds is 9. The summed E-state index contributed by atoms with van der Waals surface area (Å²) < 4.78 is 15.9. The molecule has 0 saturated carbocycles. The molecule has 1 rings (SSSR count). The first kappa shape index (κ1) is 20.6. The van der Waals surface area contributed by atoms with Crippen LogP contribution in [0.2, 0.25) is 0 Å². The molecule has 0 aromatic heterocycles. The number of hydrogen-bond acceptors (Lipinski definition) is 5. The summed E-state index contributed by atoms with van der Waals surface area (Å²) in [4.78, 5) is 12.3. The molecule has 0 fully saturated rings. The lowest BCUT2D eigenvalue weighted by atomic mass is 9.92. The molecule has 1 amide bonds. The Morgan fingerprint density at radius 1 is 1.20 bits per heavy atom. The molecule has 0 radical (unpaired) electrons. The molecule has 0 spiro atoms. The van der Waals surface area contributed by atoms with Crippen LogP contribution in [0.4, 0.5) is 0 Å². The average molecular weight is 348 g/mol. The van der Waals surface area contributed by atoms with E-state index in [0.717, 1.165) is 5.56 Å². The van der Waals surface area contributed by atoms with Crippen LogP contribution in [-0.2, 0) is 11.2 Å². The number of nitriles is 1. The molecule has 25 heavy (non-hydrogen) atoms. The van der Waals surface area contributed by atoms with Gasteiger partial charge in [0.2, 0.25) is 11.7 Å². The molecule has 6 heteroatoms. The van der Waals surface area contributed by atoms with Crippen LogP contribution in [0.25, 0.3) is 0 Å². The van der Waals surface area contributed by atoms with E-state index in [1.54, 1.807) is 28.3 Å². The Morgan fingerprint density at radius 2 is 1.76 bits per heavy atom. The largest absolute Gasteiger partial charge is 0.493 e. The molecule has 6 nitrogen and oxygen atoms in total. The third kappa shape index (κ3) is 5.86.